The van der Waals surface area contributed by atoms with Gasteiger partial charge in [0.1, 0.15) is 5.69 Å². The lowest BCUT2D eigenvalue weighted by atomic mass is 10.2. The third-order valence-electron chi connectivity index (χ3n) is 1.87. The van der Waals surface area contributed by atoms with Gasteiger partial charge in [0.15, 0.2) is 0 Å². The van der Waals surface area contributed by atoms with Gasteiger partial charge in [-0.25, -0.2) is 0 Å². The SMILES string of the molecule is C[N+](C)(C)c1ccc(/C=N/O)cc1. The first-order valence-corrected chi connectivity index (χ1v) is 4.13. The van der Waals surface area contributed by atoms with Crippen molar-refractivity contribution in [1.29, 1.82) is 0 Å². The third kappa shape index (κ3) is 2.56. The molecule has 0 bridgehead atoms. The van der Waals surface area contributed by atoms with Crippen LogP contribution in [0.1, 0.15) is 5.56 Å². The van der Waals surface area contributed by atoms with Gasteiger partial charge in [-0.05, 0) is 29.8 Å². The molecule has 0 aromatic heterocycles. The van der Waals surface area contributed by atoms with Crippen LogP contribution in [0.25, 0.3) is 0 Å². The highest BCUT2D eigenvalue weighted by molar-refractivity contribution is 5.79. The normalized spacial score (nSPS) is 12.2. The van der Waals surface area contributed by atoms with E-state index in [-0.39, 0.29) is 0 Å². The highest BCUT2D eigenvalue weighted by Gasteiger charge is 2.10. The molecule has 0 fully saturated rings. The molecule has 3 heteroatoms. The first-order valence-electron chi connectivity index (χ1n) is 4.13. The lowest BCUT2D eigenvalue weighted by Crippen LogP contribution is -2.34. The second kappa shape index (κ2) is 3.58. The molecular formula is C10H15N2O+. The number of hydrogen-bond acceptors (Lipinski definition) is 2. The van der Waals surface area contributed by atoms with Crippen LogP contribution in [-0.2, 0) is 0 Å². The van der Waals surface area contributed by atoms with Crippen molar-refractivity contribution in [3.05, 3.63) is 29.8 Å². The Kier molecular flexibility index (Phi) is 2.68. The van der Waals surface area contributed by atoms with Crippen LogP contribution in [0.3, 0.4) is 0 Å². The number of oxime groups is 1. The van der Waals surface area contributed by atoms with Crippen molar-refractivity contribution >= 4 is 11.9 Å². The molecular weight excluding hydrogens is 164 g/mol. The van der Waals surface area contributed by atoms with E-state index >= 15 is 0 Å². The standard InChI is InChI=1S/C10H14N2O/c1-12(2,3)10-6-4-9(5-7-10)8-11-13/h4-8H,1-3H3/p+1/b11-8+. The monoisotopic (exact) mass is 179 g/mol. The van der Waals surface area contributed by atoms with Crippen LogP contribution in [0.5, 0.6) is 0 Å². The van der Waals surface area contributed by atoms with Crippen LogP contribution in [0.4, 0.5) is 5.69 Å². The van der Waals surface area contributed by atoms with Crippen molar-refractivity contribution in [2.24, 2.45) is 5.16 Å². The molecule has 70 valence electrons. The molecule has 0 amide bonds. The van der Waals surface area contributed by atoms with E-state index in [1.54, 1.807) is 0 Å². The Balaban J connectivity index is 2.94. The summed E-state index contributed by atoms with van der Waals surface area (Å²) in [6.07, 6.45) is 1.42. The highest BCUT2D eigenvalue weighted by Crippen LogP contribution is 2.16. The molecule has 0 aliphatic rings. The zero-order valence-corrected chi connectivity index (χ0v) is 8.23. The third-order valence-corrected chi connectivity index (χ3v) is 1.87. The van der Waals surface area contributed by atoms with Gasteiger partial charge >= 0.3 is 0 Å². The molecule has 0 aliphatic carbocycles. The summed E-state index contributed by atoms with van der Waals surface area (Å²) < 4.78 is 0.788. The van der Waals surface area contributed by atoms with E-state index in [1.165, 1.54) is 11.9 Å². The average molecular weight is 179 g/mol. The van der Waals surface area contributed by atoms with Crippen LogP contribution in [0, 0.1) is 0 Å². The van der Waals surface area contributed by atoms with E-state index in [2.05, 4.69) is 26.3 Å². The molecule has 0 unspecified atom stereocenters. The first kappa shape index (κ1) is 9.74. The molecule has 3 nitrogen and oxygen atoms in total. The second-order valence-corrected chi connectivity index (χ2v) is 3.85. The molecule has 0 atom stereocenters. The Morgan fingerprint density at radius 1 is 1.15 bits per heavy atom. The smallest absolute Gasteiger partial charge is 0.132 e. The lowest BCUT2D eigenvalue weighted by Gasteiger charge is -2.23. The van der Waals surface area contributed by atoms with E-state index in [9.17, 15) is 0 Å². The summed E-state index contributed by atoms with van der Waals surface area (Å²) in [5, 5.41) is 11.3. The van der Waals surface area contributed by atoms with Crippen molar-refractivity contribution < 1.29 is 5.21 Å². The molecule has 1 rings (SSSR count). The Hall–Kier alpha value is -1.35. The summed E-state index contributed by atoms with van der Waals surface area (Å²) in [6, 6.07) is 7.91. The molecule has 0 saturated carbocycles. The predicted octanol–water partition coefficient (Wildman–Crippen LogP) is 1.69. The second-order valence-electron chi connectivity index (χ2n) is 3.85. The quantitative estimate of drug-likeness (QED) is 0.318. The largest absolute Gasteiger partial charge is 0.411 e. The minimum absolute atomic E-state index is 0.788. The number of rotatable bonds is 2. The molecule has 0 saturated heterocycles. The Morgan fingerprint density at radius 3 is 2.08 bits per heavy atom. The van der Waals surface area contributed by atoms with Gasteiger partial charge in [-0.15, -0.1) is 0 Å². The molecule has 13 heavy (non-hydrogen) atoms. The fourth-order valence-electron chi connectivity index (χ4n) is 1.07. The minimum Gasteiger partial charge on any atom is -0.411 e. The van der Waals surface area contributed by atoms with Crippen LogP contribution in [0.2, 0.25) is 0 Å². The summed E-state index contributed by atoms with van der Waals surface area (Å²) in [6.45, 7) is 0. The summed E-state index contributed by atoms with van der Waals surface area (Å²) in [7, 11) is 6.32. The van der Waals surface area contributed by atoms with Crippen LogP contribution in [0.15, 0.2) is 29.4 Å². The van der Waals surface area contributed by atoms with E-state index in [0.29, 0.717) is 0 Å². The maximum absolute atomic E-state index is 8.31. The van der Waals surface area contributed by atoms with Crippen molar-refractivity contribution in [3.63, 3.8) is 0 Å². The molecule has 1 N–H and O–H groups in total. The number of quaternary nitrogens is 1. The zero-order chi connectivity index (χ0) is 9.90. The van der Waals surface area contributed by atoms with Crippen molar-refractivity contribution in [2.45, 2.75) is 0 Å². The number of hydrogen-bond donors (Lipinski definition) is 1. The summed E-state index contributed by atoms with van der Waals surface area (Å²) >= 11 is 0. The fourth-order valence-corrected chi connectivity index (χ4v) is 1.07. The Morgan fingerprint density at radius 2 is 1.69 bits per heavy atom. The van der Waals surface area contributed by atoms with Gasteiger partial charge < -0.3 is 5.21 Å². The van der Waals surface area contributed by atoms with Crippen LogP contribution in [-0.4, -0.2) is 32.6 Å². The maximum Gasteiger partial charge on any atom is 0.132 e. The first-order chi connectivity index (χ1) is 6.04. The topological polar surface area (TPSA) is 32.6 Å². The highest BCUT2D eigenvalue weighted by atomic mass is 16.4. The maximum atomic E-state index is 8.31. The summed E-state index contributed by atoms with van der Waals surface area (Å²) in [5.74, 6) is 0. The van der Waals surface area contributed by atoms with Gasteiger partial charge in [-0.2, -0.15) is 0 Å². The number of nitrogens with zero attached hydrogens (tertiary/aromatic N) is 2. The lowest BCUT2D eigenvalue weighted by molar-refractivity contribution is 0.322. The summed E-state index contributed by atoms with van der Waals surface area (Å²) in [4.78, 5) is 0. The molecule has 0 radical (unpaired) electrons. The van der Waals surface area contributed by atoms with E-state index < -0.39 is 0 Å². The average Bonchev–Trinajstić information content (AvgIpc) is 2.04. The fraction of sp³-hybridized carbons (Fsp3) is 0.300. The number of benzene rings is 1. The molecule has 1 aromatic rings. The molecule has 0 heterocycles. The Bertz CT molecular complexity index is 296. The predicted molar refractivity (Wildman–Crippen MR) is 55.4 cm³/mol. The van der Waals surface area contributed by atoms with E-state index in [1.807, 2.05) is 24.3 Å². The van der Waals surface area contributed by atoms with E-state index in [4.69, 9.17) is 5.21 Å². The van der Waals surface area contributed by atoms with Crippen molar-refractivity contribution in [3.8, 4) is 0 Å². The van der Waals surface area contributed by atoms with Crippen LogP contribution < -0.4 is 4.48 Å². The van der Waals surface area contributed by atoms with Crippen molar-refractivity contribution in [1.82, 2.24) is 4.48 Å². The summed E-state index contributed by atoms with van der Waals surface area (Å²) in [5.41, 5.74) is 2.12. The van der Waals surface area contributed by atoms with Gasteiger partial charge in [-0.1, -0.05) is 5.16 Å². The molecule has 0 spiro atoms. The van der Waals surface area contributed by atoms with Gasteiger partial charge in [-0.3, -0.25) is 4.48 Å². The molecule has 0 aliphatic heterocycles. The molecule has 1 aromatic carbocycles. The van der Waals surface area contributed by atoms with E-state index in [0.717, 1.165) is 10.0 Å². The Labute approximate surface area is 78.5 Å². The zero-order valence-electron chi connectivity index (χ0n) is 8.23. The van der Waals surface area contributed by atoms with Gasteiger partial charge in [0, 0.05) is 0 Å². The minimum atomic E-state index is 0.788. The van der Waals surface area contributed by atoms with Crippen molar-refractivity contribution in [2.75, 3.05) is 21.1 Å². The van der Waals surface area contributed by atoms with Gasteiger partial charge in [0.25, 0.3) is 0 Å². The van der Waals surface area contributed by atoms with Gasteiger partial charge in [0.2, 0.25) is 0 Å². The van der Waals surface area contributed by atoms with Crippen LogP contribution >= 0.6 is 0 Å². The van der Waals surface area contributed by atoms with Gasteiger partial charge in [0.05, 0.1) is 27.4 Å².